The number of rotatable bonds is 5. The third-order valence-electron chi connectivity index (χ3n) is 2.77. The van der Waals surface area contributed by atoms with Crippen LogP contribution in [-0.4, -0.2) is 47.5 Å². The van der Waals surface area contributed by atoms with Gasteiger partial charge in [0.05, 0.1) is 5.56 Å². The maximum Gasteiger partial charge on any atom is 0.249 e. The molecular weight excluding hydrogens is 308 g/mol. The van der Waals surface area contributed by atoms with Crippen molar-refractivity contribution in [3.8, 4) is 0 Å². The molecule has 0 aromatic heterocycles. The van der Waals surface area contributed by atoms with Crippen molar-refractivity contribution in [1.29, 1.82) is 5.41 Å². The van der Waals surface area contributed by atoms with Crippen LogP contribution in [0.2, 0.25) is 0 Å². The van der Waals surface area contributed by atoms with Crippen molar-refractivity contribution in [2.45, 2.75) is 6.42 Å². The zero-order valence-electron chi connectivity index (χ0n) is 12.1. The number of benzene rings is 1. The number of carbonyl (C=O) groups excluding carboxylic acids is 1. The van der Waals surface area contributed by atoms with Gasteiger partial charge in [-0.05, 0) is 12.5 Å². The van der Waals surface area contributed by atoms with E-state index in [0.29, 0.717) is 22.2 Å². The highest BCUT2D eigenvalue weighted by Crippen LogP contribution is 2.15. The Morgan fingerprint density at radius 3 is 2.57 bits per heavy atom. The average molecular weight is 327 g/mol. The second-order valence-corrected chi connectivity index (χ2v) is 5.65. The molecule has 0 aliphatic carbocycles. The minimum Gasteiger partial charge on any atom is -0.366 e. The lowest BCUT2D eigenvalue weighted by molar-refractivity contribution is 0.1000. The molecule has 0 radical (unpaired) electrons. The van der Waals surface area contributed by atoms with Crippen molar-refractivity contribution in [2.75, 3.05) is 25.7 Å². The highest BCUT2D eigenvalue weighted by molar-refractivity contribution is 8.13. The molecule has 5 nitrogen and oxygen atoms in total. The van der Waals surface area contributed by atoms with Crippen LogP contribution in [0.3, 0.4) is 0 Å². The molecule has 0 spiro atoms. The molecule has 1 aromatic rings. The van der Waals surface area contributed by atoms with Crippen LogP contribution >= 0.6 is 23.4 Å². The van der Waals surface area contributed by atoms with Crippen molar-refractivity contribution in [2.24, 2.45) is 10.7 Å². The molecule has 0 aliphatic rings. The van der Waals surface area contributed by atoms with Crippen LogP contribution < -0.4 is 5.73 Å². The predicted octanol–water partition coefficient (Wildman–Crippen LogP) is 2.39. The maximum atomic E-state index is 11.5. The topological polar surface area (TPSA) is 82.5 Å². The predicted molar refractivity (Wildman–Crippen MR) is 90.7 cm³/mol. The Bertz CT molecular complexity index is 548. The van der Waals surface area contributed by atoms with E-state index in [9.17, 15) is 4.79 Å². The van der Waals surface area contributed by atoms with E-state index in [0.717, 1.165) is 12.2 Å². The molecule has 0 heterocycles. The summed E-state index contributed by atoms with van der Waals surface area (Å²) in [5.41, 5.74) is 6.18. The van der Waals surface area contributed by atoms with Gasteiger partial charge < -0.3 is 10.6 Å². The van der Waals surface area contributed by atoms with E-state index in [4.69, 9.17) is 22.7 Å². The number of hydrogen-bond donors (Lipinski definition) is 2. The van der Waals surface area contributed by atoms with Gasteiger partial charge in [-0.3, -0.25) is 15.2 Å². The van der Waals surface area contributed by atoms with E-state index in [1.165, 1.54) is 11.8 Å². The summed E-state index contributed by atoms with van der Waals surface area (Å²) in [6.07, 6.45) is 0.865. The van der Waals surface area contributed by atoms with Crippen LogP contribution in [-0.2, 0) is 0 Å². The fourth-order valence-corrected chi connectivity index (χ4v) is 2.89. The first-order valence-corrected chi connectivity index (χ1v) is 7.92. The number of halogens is 1. The van der Waals surface area contributed by atoms with Gasteiger partial charge in [0.25, 0.3) is 0 Å². The summed E-state index contributed by atoms with van der Waals surface area (Å²) < 4.78 is 0. The third-order valence-corrected chi connectivity index (χ3v) is 4.25. The monoisotopic (exact) mass is 326 g/mol. The lowest BCUT2D eigenvalue weighted by atomic mass is 10.1. The molecule has 1 rings (SSSR count). The number of amidine groups is 2. The molecule has 0 saturated heterocycles. The quantitative estimate of drug-likeness (QED) is 0.377. The van der Waals surface area contributed by atoms with E-state index in [1.54, 1.807) is 43.3 Å². The van der Waals surface area contributed by atoms with E-state index < -0.39 is 5.91 Å². The van der Waals surface area contributed by atoms with Gasteiger partial charge in [0.1, 0.15) is 5.84 Å². The van der Waals surface area contributed by atoms with Gasteiger partial charge in [-0.2, -0.15) is 0 Å². The highest BCUT2D eigenvalue weighted by Gasteiger charge is 2.18. The van der Waals surface area contributed by atoms with Crippen LogP contribution in [0, 0.1) is 5.41 Å². The summed E-state index contributed by atoms with van der Waals surface area (Å²) in [4.78, 5) is 17.3. The van der Waals surface area contributed by atoms with Gasteiger partial charge in [-0.25, -0.2) is 0 Å². The zero-order valence-corrected chi connectivity index (χ0v) is 13.7. The molecule has 0 fully saturated rings. The Balaban J connectivity index is 2.94. The number of nitrogens with zero attached hydrogens (tertiary/aromatic N) is 2. The third kappa shape index (κ3) is 4.75. The van der Waals surface area contributed by atoms with E-state index in [1.807, 2.05) is 0 Å². The summed E-state index contributed by atoms with van der Waals surface area (Å²) in [6.45, 7) is 0. The Morgan fingerprint density at radius 1 is 1.43 bits per heavy atom. The lowest BCUT2D eigenvalue weighted by Gasteiger charge is -2.22. The van der Waals surface area contributed by atoms with Crippen LogP contribution in [0.5, 0.6) is 0 Å². The number of thioether (sulfide) groups is 1. The number of nitrogens with one attached hydrogen (secondary N) is 1. The summed E-state index contributed by atoms with van der Waals surface area (Å²) in [6, 6.07) is 6.81. The molecule has 1 aromatic carbocycles. The number of carbonyl (C=O) groups is 1. The van der Waals surface area contributed by atoms with Gasteiger partial charge in [-0.15, -0.1) is 11.6 Å². The largest absolute Gasteiger partial charge is 0.366 e. The molecule has 0 saturated carbocycles. The summed E-state index contributed by atoms with van der Waals surface area (Å²) in [5, 5.41) is 8.98. The molecule has 0 bridgehead atoms. The molecule has 21 heavy (non-hydrogen) atoms. The van der Waals surface area contributed by atoms with Gasteiger partial charge in [0.15, 0.2) is 5.17 Å². The standard InChI is InChI=1S/C14H19ClN4OS/c1-18-14(21-9-5-8-15)19(2)12(16)10-6-3-4-7-11(10)13(17)20/h3-4,6-7,16H,5,8-9H2,1-2H3,(H2,17,20)/b16-12?,18-14+. The summed E-state index contributed by atoms with van der Waals surface area (Å²) in [5.74, 6) is 1.05. The van der Waals surface area contributed by atoms with Crippen LogP contribution in [0.25, 0.3) is 0 Å². The van der Waals surface area contributed by atoms with Gasteiger partial charge in [-0.1, -0.05) is 30.0 Å². The molecule has 7 heteroatoms. The maximum absolute atomic E-state index is 11.5. The van der Waals surface area contributed by atoms with Gasteiger partial charge in [0.2, 0.25) is 5.91 Å². The van der Waals surface area contributed by atoms with E-state index >= 15 is 0 Å². The molecule has 1 amide bonds. The molecule has 0 atom stereocenters. The number of hydrogen-bond acceptors (Lipinski definition) is 4. The number of alkyl halides is 1. The second kappa shape index (κ2) is 8.69. The van der Waals surface area contributed by atoms with E-state index in [2.05, 4.69) is 4.99 Å². The van der Waals surface area contributed by atoms with Crippen LogP contribution in [0.1, 0.15) is 22.3 Å². The smallest absolute Gasteiger partial charge is 0.249 e. The fourth-order valence-electron chi connectivity index (χ4n) is 1.71. The second-order valence-electron chi connectivity index (χ2n) is 4.21. The van der Waals surface area contributed by atoms with Crippen molar-refractivity contribution in [3.63, 3.8) is 0 Å². The minimum absolute atomic E-state index is 0.184. The molecule has 0 unspecified atom stereocenters. The highest BCUT2D eigenvalue weighted by atomic mass is 35.5. The number of amides is 1. The first-order chi connectivity index (χ1) is 10.0. The van der Waals surface area contributed by atoms with Gasteiger partial charge >= 0.3 is 0 Å². The zero-order chi connectivity index (χ0) is 15.8. The van der Waals surface area contributed by atoms with Crippen molar-refractivity contribution >= 4 is 40.3 Å². The summed E-state index contributed by atoms with van der Waals surface area (Å²) >= 11 is 7.19. The first-order valence-electron chi connectivity index (χ1n) is 6.40. The van der Waals surface area contributed by atoms with Crippen LogP contribution in [0.4, 0.5) is 0 Å². The van der Waals surface area contributed by atoms with Crippen molar-refractivity contribution < 1.29 is 4.79 Å². The summed E-state index contributed by atoms with van der Waals surface area (Å²) in [7, 11) is 3.42. The molecular formula is C14H19ClN4OS. The van der Waals surface area contributed by atoms with Crippen molar-refractivity contribution in [3.05, 3.63) is 35.4 Å². The average Bonchev–Trinajstić information content (AvgIpc) is 2.50. The lowest BCUT2D eigenvalue weighted by Crippen LogP contribution is -2.33. The molecule has 0 aliphatic heterocycles. The van der Waals surface area contributed by atoms with Crippen LogP contribution in [0.15, 0.2) is 29.3 Å². The number of aliphatic imine (C=N–C) groups is 1. The van der Waals surface area contributed by atoms with Gasteiger partial charge in [0, 0.05) is 31.3 Å². The minimum atomic E-state index is -0.548. The normalized spacial score (nSPS) is 11.3. The number of primary amides is 1. The number of nitrogens with two attached hydrogens (primary N) is 1. The first kappa shape index (κ1) is 17.5. The Morgan fingerprint density at radius 2 is 2.05 bits per heavy atom. The Labute approximate surface area is 134 Å². The van der Waals surface area contributed by atoms with Crippen molar-refractivity contribution in [1.82, 2.24) is 4.90 Å². The molecule has 3 N–H and O–H groups in total. The Kier molecular flexibility index (Phi) is 7.25. The SMILES string of the molecule is C/N=C(/SCCCCl)N(C)C(=N)c1ccccc1C(N)=O. The fraction of sp³-hybridized carbons (Fsp3) is 0.357. The Hall–Kier alpha value is -1.53. The molecule has 114 valence electrons. The van der Waals surface area contributed by atoms with E-state index in [-0.39, 0.29) is 5.84 Å².